The van der Waals surface area contributed by atoms with Gasteiger partial charge in [-0.25, -0.2) is 0 Å². The second kappa shape index (κ2) is 7.50. The van der Waals surface area contributed by atoms with Crippen molar-refractivity contribution in [3.05, 3.63) is 57.0 Å². The standard InChI is InChI=1S/C18H14N2O6S/c1-10(21)26-15-6-3-11(7-14(15)20(23)24)8-17-18(22)19-13-5-4-12(25-2)9-16(13)27-17/h3-9H,1-2H3,(H,19,22)/b17-8-. The van der Waals surface area contributed by atoms with Crippen LogP contribution in [-0.4, -0.2) is 23.9 Å². The molecule has 1 aliphatic heterocycles. The van der Waals surface area contributed by atoms with E-state index in [1.807, 2.05) is 0 Å². The van der Waals surface area contributed by atoms with Crippen molar-refractivity contribution in [1.29, 1.82) is 0 Å². The molecule has 3 rings (SSSR count). The van der Waals surface area contributed by atoms with Gasteiger partial charge in [-0.3, -0.25) is 19.7 Å². The number of nitrogens with one attached hydrogen (secondary N) is 1. The Labute approximate surface area is 158 Å². The number of anilines is 1. The van der Waals surface area contributed by atoms with E-state index >= 15 is 0 Å². The lowest BCUT2D eigenvalue weighted by atomic mass is 10.1. The molecular formula is C18H14N2O6S. The van der Waals surface area contributed by atoms with Gasteiger partial charge in [0, 0.05) is 17.9 Å². The monoisotopic (exact) mass is 386 g/mol. The van der Waals surface area contributed by atoms with Crippen LogP contribution in [0, 0.1) is 10.1 Å². The lowest BCUT2D eigenvalue weighted by molar-refractivity contribution is -0.385. The van der Waals surface area contributed by atoms with Crippen LogP contribution in [0.15, 0.2) is 46.2 Å². The summed E-state index contributed by atoms with van der Waals surface area (Å²) in [6.45, 7) is 1.16. The van der Waals surface area contributed by atoms with Crippen molar-refractivity contribution in [2.45, 2.75) is 11.8 Å². The van der Waals surface area contributed by atoms with Gasteiger partial charge in [0.2, 0.25) is 5.75 Å². The first kappa shape index (κ1) is 18.5. The number of ether oxygens (including phenoxy) is 2. The number of thioether (sulfide) groups is 1. The molecular weight excluding hydrogens is 372 g/mol. The second-order valence-electron chi connectivity index (χ2n) is 5.50. The van der Waals surface area contributed by atoms with Gasteiger partial charge in [-0.2, -0.15) is 0 Å². The number of rotatable bonds is 4. The molecule has 1 heterocycles. The van der Waals surface area contributed by atoms with E-state index in [-0.39, 0.29) is 17.3 Å². The minimum Gasteiger partial charge on any atom is -0.497 e. The van der Waals surface area contributed by atoms with Crippen LogP contribution in [-0.2, 0) is 9.59 Å². The summed E-state index contributed by atoms with van der Waals surface area (Å²) in [4.78, 5) is 35.2. The van der Waals surface area contributed by atoms with Crippen molar-refractivity contribution in [3.8, 4) is 11.5 Å². The molecule has 0 aromatic heterocycles. The molecule has 27 heavy (non-hydrogen) atoms. The van der Waals surface area contributed by atoms with Gasteiger partial charge in [-0.05, 0) is 35.9 Å². The molecule has 1 aliphatic rings. The Morgan fingerprint density at radius 2 is 2.04 bits per heavy atom. The number of carbonyl (C=O) groups is 2. The molecule has 0 saturated carbocycles. The first-order chi connectivity index (χ1) is 12.9. The number of nitrogens with zero attached hydrogens (tertiary/aromatic N) is 1. The maximum atomic E-state index is 12.3. The van der Waals surface area contributed by atoms with E-state index in [2.05, 4.69) is 5.32 Å². The zero-order valence-corrected chi connectivity index (χ0v) is 15.2. The Morgan fingerprint density at radius 1 is 1.26 bits per heavy atom. The largest absolute Gasteiger partial charge is 0.497 e. The number of nitro groups is 1. The van der Waals surface area contributed by atoms with Crippen LogP contribution < -0.4 is 14.8 Å². The Morgan fingerprint density at radius 3 is 2.70 bits per heavy atom. The second-order valence-corrected chi connectivity index (χ2v) is 6.59. The van der Waals surface area contributed by atoms with Gasteiger partial charge >= 0.3 is 11.7 Å². The molecule has 2 aromatic rings. The number of carbonyl (C=O) groups excluding carboxylic acids is 2. The van der Waals surface area contributed by atoms with Crippen LogP contribution in [0.3, 0.4) is 0 Å². The number of hydrogen-bond acceptors (Lipinski definition) is 7. The molecule has 8 nitrogen and oxygen atoms in total. The number of nitro benzene ring substituents is 1. The number of esters is 1. The van der Waals surface area contributed by atoms with E-state index in [0.717, 1.165) is 11.8 Å². The van der Waals surface area contributed by atoms with Crippen molar-refractivity contribution < 1.29 is 24.0 Å². The van der Waals surface area contributed by atoms with E-state index in [9.17, 15) is 19.7 Å². The Kier molecular flexibility index (Phi) is 5.13. The molecule has 9 heteroatoms. The fourth-order valence-corrected chi connectivity index (χ4v) is 3.40. The van der Waals surface area contributed by atoms with Gasteiger partial charge in [0.05, 0.1) is 22.6 Å². The van der Waals surface area contributed by atoms with Crippen molar-refractivity contribution in [2.24, 2.45) is 0 Å². The fraction of sp³-hybridized carbons (Fsp3) is 0.111. The molecule has 0 fully saturated rings. The molecule has 0 aliphatic carbocycles. The molecule has 138 valence electrons. The molecule has 0 atom stereocenters. The van der Waals surface area contributed by atoms with Gasteiger partial charge in [-0.15, -0.1) is 0 Å². The van der Waals surface area contributed by atoms with Crippen molar-refractivity contribution >= 4 is 41.1 Å². The number of amides is 1. The first-order valence-electron chi connectivity index (χ1n) is 7.73. The number of fused-ring (bicyclic) bond motifs is 1. The Hall–Kier alpha value is -3.33. The molecule has 0 spiro atoms. The summed E-state index contributed by atoms with van der Waals surface area (Å²) in [5.74, 6) is -0.468. The Bertz CT molecular complexity index is 986. The smallest absolute Gasteiger partial charge is 0.312 e. The summed E-state index contributed by atoms with van der Waals surface area (Å²) < 4.78 is 10.0. The first-order valence-corrected chi connectivity index (χ1v) is 8.55. The van der Waals surface area contributed by atoms with Crippen LogP contribution in [0.2, 0.25) is 0 Å². The molecule has 1 N–H and O–H groups in total. The third-order valence-electron chi connectivity index (χ3n) is 3.61. The predicted molar refractivity (Wildman–Crippen MR) is 99.9 cm³/mol. The average molecular weight is 386 g/mol. The lowest BCUT2D eigenvalue weighted by Gasteiger charge is -2.19. The quantitative estimate of drug-likeness (QED) is 0.281. The summed E-state index contributed by atoms with van der Waals surface area (Å²) in [6, 6.07) is 9.39. The lowest BCUT2D eigenvalue weighted by Crippen LogP contribution is -2.17. The highest BCUT2D eigenvalue weighted by Crippen LogP contribution is 2.41. The highest BCUT2D eigenvalue weighted by atomic mass is 32.2. The van der Waals surface area contributed by atoms with Crippen LogP contribution in [0.25, 0.3) is 6.08 Å². The summed E-state index contributed by atoms with van der Waals surface area (Å²) in [6.07, 6.45) is 1.53. The summed E-state index contributed by atoms with van der Waals surface area (Å²) >= 11 is 1.23. The number of methoxy groups -OCH3 is 1. The number of hydrogen-bond donors (Lipinski definition) is 1. The average Bonchev–Trinajstić information content (AvgIpc) is 2.62. The topological polar surface area (TPSA) is 108 Å². The van der Waals surface area contributed by atoms with Gasteiger partial charge in [0.15, 0.2) is 0 Å². The molecule has 0 bridgehead atoms. The van der Waals surface area contributed by atoms with Gasteiger partial charge < -0.3 is 14.8 Å². The maximum absolute atomic E-state index is 12.3. The molecule has 2 aromatic carbocycles. The van der Waals surface area contributed by atoms with E-state index in [0.29, 0.717) is 21.9 Å². The van der Waals surface area contributed by atoms with Crippen molar-refractivity contribution in [3.63, 3.8) is 0 Å². The number of benzene rings is 2. The Balaban J connectivity index is 1.96. The SMILES string of the molecule is COc1ccc2c(c1)S/C(=C\c1ccc(OC(C)=O)c([N+](=O)[O-])c1)C(=O)N2. The molecule has 0 unspecified atom stereocenters. The van der Waals surface area contributed by atoms with Gasteiger partial charge in [-0.1, -0.05) is 17.8 Å². The molecule has 0 radical (unpaired) electrons. The minimum absolute atomic E-state index is 0.148. The van der Waals surface area contributed by atoms with E-state index < -0.39 is 10.9 Å². The highest BCUT2D eigenvalue weighted by molar-refractivity contribution is 8.04. The van der Waals surface area contributed by atoms with Crippen LogP contribution in [0.5, 0.6) is 11.5 Å². The summed E-state index contributed by atoms with van der Waals surface area (Å²) in [5, 5.41) is 14.0. The van der Waals surface area contributed by atoms with Crippen LogP contribution in [0.1, 0.15) is 12.5 Å². The zero-order chi connectivity index (χ0) is 19.6. The van der Waals surface area contributed by atoms with Crippen molar-refractivity contribution in [1.82, 2.24) is 0 Å². The van der Waals surface area contributed by atoms with Gasteiger partial charge in [0.1, 0.15) is 5.75 Å². The maximum Gasteiger partial charge on any atom is 0.312 e. The molecule has 1 amide bonds. The summed E-state index contributed by atoms with van der Waals surface area (Å²) in [7, 11) is 1.55. The van der Waals surface area contributed by atoms with E-state index in [1.165, 1.54) is 36.0 Å². The third-order valence-corrected chi connectivity index (χ3v) is 4.69. The van der Waals surface area contributed by atoms with Gasteiger partial charge in [0.25, 0.3) is 5.91 Å². The van der Waals surface area contributed by atoms with E-state index in [1.54, 1.807) is 25.3 Å². The third kappa shape index (κ3) is 4.09. The minimum atomic E-state index is -0.656. The predicted octanol–water partition coefficient (Wildman–Crippen LogP) is 3.61. The fourth-order valence-electron chi connectivity index (χ4n) is 2.42. The normalized spacial score (nSPS) is 14.3. The van der Waals surface area contributed by atoms with E-state index in [4.69, 9.17) is 9.47 Å². The highest BCUT2D eigenvalue weighted by Gasteiger charge is 2.23. The zero-order valence-electron chi connectivity index (χ0n) is 14.3. The van der Waals surface area contributed by atoms with Crippen LogP contribution >= 0.6 is 11.8 Å². The van der Waals surface area contributed by atoms with Crippen molar-refractivity contribution in [2.75, 3.05) is 12.4 Å². The summed E-state index contributed by atoms with van der Waals surface area (Å²) in [5.41, 5.74) is 0.739. The molecule has 0 saturated heterocycles. The van der Waals surface area contributed by atoms with Crippen LogP contribution in [0.4, 0.5) is 11.4 Å².